The largest absolute Gasteiger partial charge is 0.427 e. The Morgan fingerprint density at radius 1 is 1.17 bits per heavy atom. The summed E-state index contributed by atoms with van der Waals surface area (Å²) in [7, 11) is 0. The molecule has 0 aliphatic rings. The summed E-state index contributed by atoms with van der Waals surface area (Å²) in [5.74, 6) is 0. The summed E-state index contributed by atoms with van der Waals surface area (Å²) < 4.78 is 38.4. The molecule has 0 radical (unpaired) electrons. The Balaban J connectivity index is 2.25. The van der Waals surface area contributed by atoms with Gasteiger partial charge in [-0.05, 0) is 0 Å². The molecule has 4 nitrogen and oxygen atoms in total. The predicted octanol–water partition coefficient (Wildman–Crippen LogP) is 3.10. The summed E-state index contributed by atoms with van der Waals surface area (Å²) in [6.07, 6.45) is -0.0436. The molecule has 3 aromatic heterocycles. The zero-order valence-electron chi connectivity index (χ0n) is 8.69. The first-order chi connectivity index (χ1) is 8.57. The molecule has 0 unspecified atom stereocenters. The van der Waals surface area contributed by atoms with Gasteiger partial charge in [0.15, 0.2) is 0 Å². The van der Waals surface area contributed by atoms with E-state index in [9.17, 15) is 13.2 Å². The normalized spacial score (nSPS) is 12.2. The molecule has 0 amide bonds. The van der Waals surface area contributed by atoms with Gasteiger partial charge in [-0.15, -0.1) is 11.3 Å². The lowest BCUT2D eigenvalue weighted by molar-refractivity contribution is -0.134. The number of hydrogen-bond acceptors (Lipinski definition) is 4. The van der Waals surface area contributed by atoms with Crippen molar-refractivity contribution in [1.82, 2.24) is 20.2 Å². The number of nitrogens with one attached hydrogen (secondary N) is 1. The molecular weight excluding hydrogens is 265 g/mol. The Labute approximate surface area is 103 Å². The third kappa shape index (κ3) is 1.65. The predicted molar refractivity (Wildman–Crippen MR) is 60.0 cm³/mol. The van der Waals surface area contributed by atoms with Crippen molar-refractivity contribution in [2.75, 3.05) is 0 Å². The number of aromatic nitrogens is 4. The molecular formula is C10H5F3N4S. The highest BCUT2D eigenvalue weighted by atomic mass is 32.1. The van der Waals surface area contributed by atoms with Crippen LogP contribution < -0.4 is 0 Å². The highest BCUT2D eigenvalue weighted by Gasteiger charge is 2.36. The van der Waals surface area contributed by atoms with E-state index in [-0.39, 0.29) is 5.69 Å². The van der Waals surface area contributed by atoms with E-state index in [4.69, 9.17) is 0 Å². The smallest absolute Gasteiger partial charge is 0.359 e. The maximum atomic E-state index is 12.8. The van der Waals surface area contributed by atoms with Crippen molar-refractivity contribution in [3.63, 3.8) is 0 Å². The minimum atomic E-state index is -4.40. The maximum absolute atomic E-state index is 12.8. The van der Waals surface area contributed by atoms with E-state index >= 15 is 0 Å². The number of nitrogens with zero attached hydrogens (tertiary/aromatic N) is 3. The van der Waals surface area contributed by atoms with Crippen LogP contribution in [0, 0.1) is 0 Å². The van der Waals surface area contributed by atoms with E-state index in [0.717, 1.165) is 0 Å². The second kappa shape index (κ2) is 3.77. The van der Waals surface area contributed by atoms with Crippen molar-refractivity contribution in [1.29, 1.82) is 0 Å². The van der Waals surface area contributed by atoms with E-state index < -0.39 is 11.1 Å². The SMILES string of the molecule is FC(F)(F)c1scnc1-c1c[nH]c2cnncc12. The van der Waals surface area contributed by atoms with Crippen LogP contribution in [0.15, 0.2) is 24.1 Å². The Morgan fingerprint density at radius 2 is 1.94 bits per heavy atom. The second-order valence-electron chi connectivity index (χ2n) is 3.55. The number of aromatic amines is 1. The lowest BCUT2D eigenvalue weighted by Crippen LogP contribution is -2.03. The molecule has 0 atom stereocenters. The molecule has 0 spiro atoms. The van der Waals surface area contributed by atoms with Gasteiger partial charge in [0.2, 0.25) is 0 Å². The van der Waals surface area contributed by atoms with Crippen molar-refractivity contribution in [2.45, 2.75) is 6.18 Å². The average Bonchev–Trinajstić information content (AvgIpc) is 2.93. The molecule has 0 saturated carbocycles. The fourth-order valence-electron chi connectivity index (χ4n) is 1.71. The van der Waals surface area contributed by atoms with Crippen LogP contribution in [0.25, 0.3) is 22.2 Å². The highest BCUT2D eigenvalue weighted by molar-refractivity contribution is 7.10. The third-order valence-electron chi connectivity index (χ3n) is 2.47. The first-order valence-electron chi connectivity index (χ1n) is 4.86. The third-order valence-corrected chi connectivity index (χ3v) is 3.34. The summed E-state index contributed by atoms with van der Waals surface area (Å²) in [6, 6.07) is 0. The average molecular weight is 270 g/mol. The maximum Gasteiger partial charge on any atom is 0.427 e. The first kappa shape index (κ1) is 11.1. The number of rotatable bonds is 1. The van der Waals surface area contributed by atoms with Gasteiger partial charge in [0.05, 0.1) is 29.1 Å². The molecule has 0 aromatic carbocycles. The molecule has 0 fully saturated rings. The van der Waals surface area contributed by atoms with Gasteiger partial charge in [0.25, 0.3) is 0 Å². The summed E-state index contributed by atoms with van der Waals surface area (Å²) in [6.45, 7) is 0. The molecule has 3 aromatic rings. The Kier molecular flexibility index (Phi) is 2.34. The van der Waals surface area contributed by atoms with Crippen LogP contribution >= 0.6 is 11.3 Å². The summed E-state index contributed by atoms with van der Waals surface area (Å²) in [4.78, 5) is 5.95. The topological polar surface area (TPSA) is 54.5 Å². The molecule has 3 rings (SSSR count). The molecule has 3 heterocycles. The van der Waals surface area contributed by atoms with E-state index in [1.165, 1.54) is 24.1 Å². The van der Waals surface area contributed by atoms with Gasteiger partial charge in [-0.1, -0.05) is 0 Å². The zero-order chi connectivity index (χ0) is 12.8. The summed E-state index contributed by atoms with van der Waals surface area (Å²) in [5, 5.41) is 7.90. The zero-order valence-corrected chi connectivity index (χ0v) is 9.51. The minimum Gasteiger partial charge on any atom is -0.359 e. The van der Waals surface area contributed by atoms with Crippen molar-refractivity contribution < 1.29 is 13.2 Å². The number of fused-ring (bicyclic) bond motifs is 1. The van der Waals surface area contributed by atoms with Crippen LogP contribution in [0.4, 0.5) is 13.2 Å². The molecule has 1 N–H and O–H groups in total. The fraction of sp³-hybridized carbons (Fsp3) is 0.100. The number of hydrogen-bond donors (Lipinski definition) is 1. The van der Waals surface area contributed by atoms with Crippen LogP contribution in [-0.2, 0) is 6.18 Å². The lowest BCUT2D eigenvalue weighted by atomic mass is 10.1. The van der Waals surface area contributed by atoms with Gasteiger partial charge < -0.3 is 4.98 Å². The van der Waals surface area contributed by atoms with Crippen LogP contribution in [0.1, 0.15) is 4.88 Å². The summed E-state index contributed by atoms with van der Waals surface area (Å²) >= 11 is 0.577. The molecule has 92 valence electrons. The fourth-order valence-corrected chi connectivity index (χ4v) is 2.39. The molecule has 18 heavy (non-hydrogen) atoms. The monoisotopic (exact) mass is 270 g/mol. The lowest BCUT2D eigenvalue weighted by Gasteiger charge is -2.05. The van der Waals surface area contributed by atoms with E-state index in [2.05, 4.69) is 20.2 Å². The first-order valence-corrected chi connectivity index (χ1v) is 5.74. The summed E-state index contributed by atoms with van der Waals surface area (Å²) in [5.41, 5.74) is 2.12. The molecule has 8 heteroatoms. The van der Waals surface area contributed by atoms with Gasteiger partial charge in [-0.3, -0.25) is 0 Å². The van der Waals surface area contributed by atoms with Crippen LogP contribution in [0.5, 0.6) is 0 Å². The quantitative estimate of drug-likeness (QED) is 0.739. The van der Waals surface area contributed by atoms with Gasteiger partial charge in [-0.2, -0.15) is 23.4 Å². The van der Waals surface area contributed by atoms with E-state index in [1.54, 1.807) is 0 Å². The van der Waals surface area contributed by atoms with Crippen LogP contribution in [0.3, 0.4) is 0 Å². The molecule has 0 bridgehead atoms. The molecule has 0 aliphatic carbocycles. The van der Waals surface area contributed by atoms with Crippen molar-refractivity contribution in [3.8, 4) is 11.3 Å². The highest BCUT2D eigenvalue weighted by Crippen LogP contribution is 2.40. The number of alkyl halides is 3. The van der Waals surface area contributed by atoms with Gasteiger partial charge in [0, 0.05) is 17.1 Å². The van der Waals surface area contributed by atoms with Crippen molar-refractivity contribution in [3.05, 3.63) is 29.0 Å². The van der Waals surface area contributed by atoms with Gasteiger partial charge >= 0.3 is 6.18 Å². The number of halogens is 3. The Morgan fingerprint density at radius 3 is 2.72 bits per heavy atom. The van der Waals surface area contributed by atoms with E-state index in [1.807, 2.05) is 0 Å². The molecule has 0 saturated heterocycles. The van der Waals surface area contributed by atoms with Crippen LogP contribution in [0.2, 0.25) is 0 Å². The standard InChI is InChI=1S/C10H5F3N4S/c11-10(12,13)9-8(15-4-18-9)6-1-14-7-3-17-16-2-5(6)7/h1-4,14H. The molecule has 0 aliphatic heterocycles. The van der Waals surface area contributed by atoms with Crippen LogP contribution in [-0.4, -0.2) is 20.2 Å². The second-order valence-corrected chi connectivity index (χ2v) is 4.40. The Hall–Kier alpha value is -1.96. The van der Waals surface area contributed by atoms with E-state index in [0.29, 0.717) is 27.8 Å². The van der Waals surface area contributed by atoms with Crippen molar-refractivity contribution >= 4 is 22.2 Å². The van der Waals surface area contributed by atoms with Gasteiger partial charge in [0.1, 0.15) is 4.88 Å². The van der Waals surface area contributed by atoms with Crippen molar-refractivity contribution in [2.24, 2.45) is 0 Å². The number of thiazole rings is 1. The number of H-pyrrole nitrogens is 1. The van der Waals surface area contributed by atoms with Gasteiger partial charge in [-0.25, -0.2) is 4.98 Å². The minimum absolute atomic E-state index is 0.0771. The Bertz CT molecular complexity index is 700.